The molecular formula is C46H52N10O6. The zero-order chi connectivity index (χ0) is 43.3. The second-order valence-electron chi connectivity index (χ2n) is 17.7. The molecule has 322 valence electrons. The molecule has 7 heterocycles. The van der Waals surface area contributed by atoms with Crippen molar-refractivity contribution in [3.05, 3.63) is 88.5 Å². The van der Waals surface area contributed by atoms with Gasteiger partial charge in [-0.1, -0.05) is 24.3 Å². The van der Waals surface area contributed by atoms with Crippen LogP contribution in [0, 0.1) is 6.92 Å². The predicted octanol–water partition coefficient (Wildman–Crippen LogP) is 5.98. The average molecular weight is 841 g/mol. The van der Waals surface area contributed by atoms with Gasteiger partial charge in [-0.05, 0) is 94.2 Å². The molecule has 16 heteroatoms. The normalized spacial score (nSPS) is 18.2. The number of piperidine rings is 2. The first-order valence-corrected chi connectivity index (χ1v) is 21.4. The Morgan fingerprint density at radius 1 is 0.968 bits per heavy atom. The van der Waals surface area contributed by atoms with E-state index in [1.54, 1.807) is 11.1 Å². The number of benzene rings is 2. The number of nitrogens with zero attached hydrogens (tertiary/aromatic N) is 8. The van der Waals surface area contributed by atoms with Gasteiger partial charge in [0.15, 0.2) is 0 Å². The highest BCUT2D eigenvalue weighted by Gasteiger charge is 2.34. The highest BCUT2D eigenvalue weighted by molar-refractivity contribution is 6.02. The van der Waals surface area contributed by atoms with Crippen molar-refractivity contribution in [3.63, 3.8) is 0 Å². The smallest absolute Gasteiger partial charge is 0.415 e. The van der Waals surface area contributed by atoms with Gasteiger partial charge in [-0.2, -0.15) is 5.10 Å². The number of hydrogen-bond donors (Lipinski definition) is 2. The van der Waals surface area contributed by atoms with E-state index in [-0.39, 0.29) is 17.7 Å². The van der Waals surface area contributed by atoms with Gasteiger partial charge < -0.3 is 24.6 Å². The van der Waals surface area contributed by atoms with Crippen molar-refractivity contribution < 1.29 is 28.7 Å². The van der Waals surface area contributed by atoms with Gasteiger partial charge in [-0.25, -0.2) is 19.7 Å². The van der Waals surface area contributed by atoms with Crippen LogP contribution < -0.4 is 25.2 Å². The molecule has 2 aromatic carbocycles. The van der Waals surface area contributed by atoms with Crippen molar-refractivity contribution in [2.45, 2.75) is 90.2 Å². The fraction of sp³-hybridized carbons (Fsp3) is 0.435. The minimum atomic E-state index is -0.631. The van der Waals surface area contributed by atoms with E-state index < -0.39 is 17.6 Å². The Morgan fingerprint density at radius 3 is 2.52 bits per heavy atom. The van der Waals surface area contributed by atoms with Gasteiger partial charge in [0.05, 0.1) is 54.2 Å². The predicted molar refractivity (Wildman–Crippen MR) is 233 cm³/mol. The summed E-state index contributed by atoms with van der Waals surface area (Å²) in [6.45, 7) is 10.9. The van der Waals surface area contributed by atoms with E-state index in [2.05, 4.69) is 37.6 Å². The van der Waals surface area contributed by atoms with Crippen LogP contribution >= 0.6 is 0 Å². The molecule has 3 aromatic heterocycles. The molecule has 5 aromatic rings. The van der Waals surface area contributed by atoms with E-state index in [4.69, 9.17) is 19.6 Å². The van der Waals surface area contributed by atoms with Crippen LogP contribution in [0.1, 0.15) is 91.9 Å². The monoisotopic (exact) mass is 840 g/mol. The Bertz CT molecular complexity index is 2580. The number of pyridine rings is 1. The maximum absolute atomic E-state index is 13.4. The van der Waals surface area contributed by atoms with Gasteiger partial charge in [-0.15, -0.1) is 0 Å². The minimum Gasteiger partial charge on any atom is -0.474 e. The number of anilines is 4. The number of carbonyl (C=O) groups excluding carboxylic acids is 4. The van der Waals surface area contributed by atoms with Crippen LogP contribution in [0.4, 0.5) is 27.8 Å². The van der Waals surface area contributed by atoms with E-state index in [9.17, 15) is 19.2 Å². The Balaban J connectivity index is 0.796. The first-order chi connectivity index (χ1) is 29.8. The zero-order valence-electron chi connectivity index (χ0n) is 35.9. The van der Waals surface area contributed by atoms with Gasteiger partial charge in [0.25, 0.3) is 0 Å². The molecule has 0 spiro atoms. The number of aryl methyl sites for hydroxylation is 1. The number of hydrogen-bond acceptors (Lipinski definition) is 12. The lowest BCUT2D eigenvalue weighted by molar-refractivity contribution is -0.134. The molecule has 0 aliphatic carbocycles. The molecule has 2 saturated heterocycles. The molecule has 4 amide bonds. The number of aromatic nitrogens is 5. The summed E-state index contributed by atoms with van der Waals surface area (Å²) in [6, 6.07) is 14.2. The lowest BCUT2D eigenvalue weighted by atomic mass is 9.87. The van der Waals surface area contributed by atoms with Crippen molar-refractivity contribution >= 4 is 57.7 Å². The number of ether oxygens (including phenoxy) is 2. The fourth-order valence-corrected chi connectivity index (χ4v) is 9.07. The van der Waals surface area contributed by atoms with Crippen molar-refractivity contribution in [3.8, 4) is 5.88 Å². The second kappa shape index (κ2) is 16.4. The highest BCUT2D eigenvalue weighted by atomic mass is 16.6. The van der Waals surface area contributed by atoms with Crippen LogP contribution in [0.3, 0.4) is 0 Å². The van der Waals surface area contributed by atoms with Crippen LogP contribution in [0.25, 0.3) is 10.9 Å². The molecule has 2 fully saturated rings. The molecule has 1 atom stereocenters. The maximum Gasteiger partial charge on any atom is 0.415 e. The lowest BCUT2D eigenvalue weighted by Crippen LogP contribution is -2.42. The first kappa shape index (κ1) is 40.8. The number of imide groups is 1. The second-order valence-corrected chi connectivity index (χ2v) is 17.7. The maximum atomic E-state index is 13.4. The van der Waals surface area contributed by atoms with Crippen LogP contribution in [0.2, 0.25) is 0 Å². The summed E-state index contributed by atoms with van der Waals surface area (Å²) in [7, 11) is 1.89. The third-order valence-electron chi connectivity index (χ3n) is 12.3. The Hall–Kier alpha value is -6.58. The number of carbonyl (C=O) groups is 4. The summed E-state index contributed by atoms with van der Waals surface area (Å²) in [5.41, 5.74) is 8.43. The van der Waals surface area contributed by atoms with Crippen LogP contribution in [0.5, 0.6) is 5.88 Å². The topological polar surface area (TPSA) is 177 Å². The molecule has 4 aliphatic heterocycles. The van der Waals surface area contributed by atoms with E-state index in [0.29, 0.717) is 81.2 Å². The summed E-state index contributed by atoms with van der Waals surface area (Å²) in [6.07, 6.45) is 6.84. The summed E-state index contributed by atoms with van der Waals surface area (Å²) in [5.74, 6) is 0.376. The van der Waals surface area contributed by atoms with Crippen molar-refractivity contribution in [1.82, 2.24) is 34.9 Å². The Kier molecular flexibility index (Phi) is 10.8. The van der Waals surface area contributed by atoms with E-state index in [1.807, 2.05) is 80.9 Å². The summed E-state index contributed by atoms with van der Waals surface area (Å²) in [4.78, 5) is 70.8. The Labute approximate surface area is 360 Å². The third-order valence-corrected chi connectivity index (χ3v) is 12.3. The van der Waals surface area contributed by atoms with Crippen molar-refractivity contribution in [1.29, 1.82) is 0 Å². The van der Waals surface area contributed by atoms with Crippen molar-refractivity contribution in [2.75, 3.05) is 47.9 Å². The molecule has 1 unspecified atom stereocenters. The fourth-order valence-electron chi connectivity index (χ4n) is 9.07. The molecule has 62 heavy (non-hydrogen) atoms. The Morgan fingerprint density at radius 2 is 1.76 bits per heavy atom. The quantitative estimate of drug-likeness (QED) is 0.184. The SMILES string of the molecule is Cc1c(N2CCc3cnc(Nc4ccc(CC(=O)N5CCC(c6ccc7c(C8CCC(=O)NC8=O)nn(C)c7c6)CC5)cc4)nc3C2)cnc2c1N(C(=O)OC(C)(C)C)CCO2. The van der Waals surface area contributed by atoms with Crippen LogP contribution in [0.15, 0.2) is 54.9 Å². The van der Waals surface area contributed by atoms with Gasteiger partial charge >= 0.3 is 6.09 Å². The number of rotatable bonds is 7. The number of fused-ring (bicyclic) bond motifs is 3. The number of amides is 4. The van der Waals surface area contributed by atoms with Crippen LogP contribution in [-0.2, 0) is 45.6 Å². The van der Waals surface area contributed by atoms with E-state index in [1.165, 1.54) is 5.56 Å². The van der Waals surface area contributed by atoms with E-state index in [0.717, 1.165) is 70.5 Å². The zero-order valence-corrected chi connectivity index (χ0v) is 35.9. The van der Waals surface area contributed by atoms with E-state index >= 15 is 0 Å². The van der Waals surface area contributed by atoms with Crippen molar-refractivity contribution in [2.24, 2.45) is 7.05 Å². The van der Waals surface area contributed by atoms with Gasteiger partial charge in [0, 0.05) is 55.9 Å². The van der Waals surface area contributed by atoms with Gasteiger partial charge in [0.1, 0.15) is 17.9 Å². The number of likely N-dealkylation sites (tertiary alicyclic amines) is 1. The molecule has 0 saturated carbocycles. The highest BCUT2D eigenvalue weighted by Crippen LogP contribution is 2.40. The standard InChI is InChI=1S/C46H52N10O6/c1-27-37(25-47-43-41(27)56(20-21-61-43)45(60)62-46(2,3)4)55-19-16-31-24-48-44(50-35(31)26-55)49-32-9-6-28(7-10-32)22-39(58)54-17-14-29(15-18-54)30-8-11-33-36(23-30)53(5)52-40(33)34-12-13-38(57)51-42(34)59/h6-11,23-25,29,34H,12-22,26H2,1-5H3,(H,48,49,50)(H,51,57,59). The first-order valence-electron chi connectivity index (χ1n) is 21.4. The summed E-state index contributed by atoms with van der Waals surface area (Å²) < 4.78 is 13.4. The molecule has 4 aliphatic rings. The minimum absolute atomic E-state index is 0.108. The molecular weight excluding hydrogens is 789 g/mol. The average Bonchev–Trinajstić information content (AvgIpc) is 3.58. The van der Waals surface area contributed by atoms with Crippen LogP contribution in [-0.4, -0.2) is 91.8 Å². The summed E-state index contributed by atoms with van der Waals surface area (Å²) >= 11 is 0. The molecule has 0 bridgehead atoms. The largest absolute Gasteiger partial charge is 0.474 e. The molecule has 16 nitrogen and oxygen atoms in total. The van der Waals surface area contributed by atoms with Gasteiger partial charge in [-0.3, -0.25) is 29.3 Å². The lowest BCUT2D eigenvalue weighted by Gasteiger charge is -2.35. The number of nitrogens with one attached hydrogen (secondary N) is 2. The van der Waals surface area contributed by atoms with Gasteiger partial charge in [0.2, 0.25) is 29.5 Å². The molecule has 2 N–H and O–H groups in total. The molecule has 0 radical (unpaired) electrons. The molecule has 9 rings (SSSR count). The third kappa shape index (κ3) is 8.25. The summed E-state index contributed by atoms with van der Waals surface area (Å²) in [5, 5.41) is 11.4.